The second-order valence-electron chi connectivity index (χ2n) is 4.21. The van der Waals surface area contributed by atoms with E-state index in [0.29, 0.717) is 12.2 Å². The highest BCUT2D eigenvalue weighted by molar-refractivity contribution is 5.91. The molecule has 0 unspecified atom stereocenters. The van der Waals surface area contributed by atoms with Crippen molar-refractivity contribution in [2.45, 2.75) is 32.5 Å². The van der Waals surface area contributed by atoms with Crippen molar-refractivity contribution in [1.82, 2.24) is 5.32 Å². The van der Waals surface area contributed by atoms with E-state index in [1.807, 2.05) is 0 Å². The van der Waals surface area contributed by atoms with Crippen LogP contribution in [0.25, 0.3) is 0 Å². The first-order valence-electron chi connectivity index (χ1n) is 6.07. The molecule has 1 aromatic carbocycles. The molecule has 106 valence electrons. The normalized spacial score (nSPS) is 11.4. The number of hydrogen-bond donors (Lipinski definition) is 2. The van der Waals surface area contributed by atoms with Gasteiger partial charge in [0.05, 0.1) is 0 Å². The molecule has 0 saturated heterocycles. The number of nitrogens with one attached hydrogen (secondary N) is 2. The van der Waals surface area contributed by atoms with Gasteiger partial charge in [-0.1, -0.05) is 19.1 Å². The fraction of sp³-hybridized carbons (Fsp3) is 0.462. The molecule has 6 heteroatoms. The summed E-state index contributed by atoms with van der Waals surface area (Å²) in [6.07, 6.45) is -4.91. The van der Waals surface area contributed by atoms with Gasteiger partial charge in [0.15, 0.2) is 0 Å². The van der Waals surface area contributed by atoms with Gasteiger partial charge in [-0.15, -0.1) is 0 Å². The van der Waals surface area contributed by atoms with Crippen molar-refractivity contribution >= 4 is 11.6 Å². The number of rotatable bonds is 6. The van der Waals surface area contributed by atoms with Crippen molar-refractivity contribution in [2.24, 2.45) is 0 Å². The van der Waals surface area contributed by atoms with Crippen molar-refractivity contribution in [3.63, 3.8) is 0 Å². The molecule has 3 nitrogen and oxygen atoms in total. The number of carbonyl (C=O) groups excluding carboxylic acids is 1. The number of anilines is 1. The Morgan fingerprint density at radius 1 is 1.21 bits per heavy atom. The topological polar surface area (TPSA) is 41.1 Å². The minimum absolute atomic E-state index is 0.369. The molecule has 0 bridgehead atoms. The van der Waals surface area contributed by atoms with E-state index in [2.05, 4.69) is 17.6 Å². The van der Waals surface area contributed by atoms with E-state index in [-0.39, 0.29) is 0 Å². The summed E-state index contributed by atoms with van der Waals surface area (Å²) in [6, 6.07) is 6.73. The van der Waals surface area contributed by atoms with Crippen LogP contribution in [0.5, 0.6) is 0 Å². The molecule has 0 atom stereocenters. The molecule has 0 aliphatic heterocycles. The predicted molar refractivity (Wildman–Crippen MR) is 67.7 cm³/mol. The molecule has 0 spiro atoms. The van der Waals surface area contributed by atoms with Crippen LogP contribution < -0.4 is 10.6 Å². The van der Waals surface area contributed by atoms with Gasteiger partial charge < -0.3 is 10.6 Å². The summed E-state index contributed by atoms with van der Waals surface area (Å²) >= 11 is 0. The zero-order valence-electron chi connectivity index (χ0n) is 10.7. The van der Waals surface area contributed by atoms with E-state index in [9.17, 15) is 18.0 Å². The quantitative estimate of drug-likeness (QED) is 0.783. The van der Waals surface area contributed by atoms with Crippen LogP contribution in [0.15, 0.2) is 24.3 Å². The number of alkyl halides is 3. The summed E-state index contributed by atoms with van der Waals surface area (Å²) in [5, 5.41) is 5.42. The van der Waals surface area contributed by atoms with Crippen molar-refractivity contribution < 1.29 is 18.0 Å². The average Bonchev–Trinajstić information content (AvgIpc) is 2.29. The Bertz CT molecular complexity index is 401. The van der Waals surface area contributed by atoms with E-state index in [4.69, 9.17) is 0 Å². The van der Waals surface area contributed by atoms with Gasteiger partial charge in [-0.2, -0.15) is 13.2 Å². The third kappa shape index (κ3) is 6.81. The minimum Gasteiger partial charge on any atom is -0.326 e. The lowest BCUT2D eigenvalue weighted by atomic mass is 10.2. The summed E-state index contributed by atoms with van der Waals surface area (Å²) in [7, 11) is 0. The molecule has 1 amide bonds. The van der Waals surface area contributed by atoms with Crippen LogP contribution in [0, 0.1) is 0 Å². The van der Waals surface area contributed by atoms with Crippen LogP contribution in [0.3, 0.4) is 0 Å². The maximum Gasteiger partial charge on any atom is 0.397 e. The lowest BCUT2D eigenvalue weighted by molar-refractivity contribution is -0.150. The highest BCUT2D eigenvalue weighted by atomic mass is 19.4. The van der Waals surface area contributed by atoms with Gasteiger partial charge in [0.1, 0.15) is 6.42 Å². The fourth-order valence-electron chi connectivity index (χ4n) is 1.50. The van der Waals surface area contributed by atoms with Crippen LogP contribution in [0.1, 0.15) is 25.3 Å². The molecule has 0 radical (unpaired) electrons. The Hall–Kier alpha value is -1.56. The van der Waals surface area contributed by atoms with Crippen LogP contribution in [-0.4, -0.2) is 18.6 Å². The minimum atomic E-state index is -4.48. The van der Waals surface area contributed by atoms with Gasteiger partial charge in [-0.05, 0) is 30.7 Å². The SMILES string of the molecule is CCCNCc1ccc(NC(=O)CC(F)(F)F)cc1. The lowest BCUT2D eigenvalue weighted by Crippen LogP contribution is -2.21. The largest absolute Gasteiger partial charge is 0.397 e. The van der Waals surface area contributed by atoms with Gasteiger partial charge in [0.25, 0.3) is 0 Å². The summed E-state index contributed by atoms with van der Waals surface area (Å²) < 4.78 is 35.9. The van der Waals surface area contributed by atoms with E-state index < -0.39 is 18.5 Å². The highest BCUT2D eigenvalue weighted by Crippen LogP contribution is 2.20. The second kappa shape index (κ2) is 7.13. The first kappa shape index (κ1) is 15.5. The van der Waals surface area contributed by atoms with Crippen LogP contribution in [0.2, 0.25) is 0 Å². The van der Waals surface area contributed by atoms with E-state index in [1.165, 1.54) is 0 Å². The fourth-order valence-corrected chi connectivity index (χ4v) is 1.50. The van der Waals surface area contributed by atoms with E-state index >= 15 is 0 Å². The summed E-state index contributed by atoms with van der Waals surface area (Å²) in [4.78, 5) is 11.1. The third-order valence-electron chi connectivity index (χ3n) is 2.35. The van der Waals surface area contributed by atoms with Crippen molar-refractivity contribution in [1.29, 1.82) is 0 Å². The number of benzene rings is 1. The standard InChI is InChI=1S/C13H17F3N2O/c1-2-7-17-9-10-3-5-11(6-4-10)18-12(19)8-13(14,15)16/h3-6,17H,2,7-9H2,1H3,(H,18,19). The third-order valence-corrected chi connectivity index (χ3v) is 2.35. The summed E-state index contributed by atoms with van der Waals surface area (Å²) in [5.74, 6) is -1.05. The van der Waals surface area contributed by atoms with E-state index in [0.717, 1.165) is 18.5 Å². The van der Waals surface area contributed by atoms with Crippen molar-refractivity contribution in [2.75, 3.05) is 11.9 Å². The summed E-state index contributed by atoms with van der Waals surface area (Å²) in [6.45, 7) is 3.67. The van der Waals surface area contributed by atoms with Crippen molar-refractivity contribution in [3.05, 3.63) is 29.8 Å². The number of amides is 1. The molecule has 0 aliphatic rings. The van der Waals surface area contributed by atoms with Gasteiger partial charge in [-0.3, -0.25) is 4.79 Å². The van der Waals surface area contributed by atoms with E-state index in [1.54, 1.807) is 24.3 Å². The van der Waals surface area contributed by atoms with Crippen LogP contribution in [-0.2, 0) is 11.3 Å². The Morgan fingerprint density at radius 2 is 1.84 bits per heavy atom. The lowest BCUT2D eigenvalue weighted by Gasteiger charge is -2.08. The average molecular weight is 274 g/mol. The number of carbonyl (C=O) groups is 1. The maximum absolute atomic E-state index is 12.0. The second-order valence-corrected chi connectivity index (χ2v) is 4.21. The summed E-state index contributed by atoms with van der Waals surface area (Å²) in [5.41, 5.74) is 1.38. The molecule has 0 aromatic heterocycles. The Kier molecular flexibility index (Phi) is 5.82. The molecular formula is C13H17F3N2O. The number of halogens is 3. The maximum atomic E-state index is 12.0. The van der Waals surface area contributed by atoms with Gasteiger partial charge in [0.2, 0.25) is 5.91 Å². The zero-order valence-corrected chi connectivity index (χ0v) is 10.7. The molecule has 19 heavy (non-hydrogen) atoms. The molecule has 1 aromatic rings. The molecule has 0 saturated carbocycles. The Balaban J connectivity index is 2.45. The van der Waals surface area contributed by atoms with Crippen LogP contribution in [0.4, 0.5) is 18.9 Å². The molecule has 0 fully saturated rings. The molecule has 0 heterocycles. The molecular weight excluding hydrogens is 257 g/mol. The van der Waals surface area contributed by atoms with Gasteiger partial charge in [-0.25, -0.2) is 0 Å². The van der Waals surface area contributed by atoms with Gasteiger partial charge in [0, 0.05) is 12.2 Å². The highest BCUT2D eigenvalue weighted by Gasteiger charge is 2.31. The predicted octanol–water partition coefficient (Wildman–Crippen LogP) is 3.08. The molecule has 2 N–H and O–H groups in total. The molecule has 0 aliphatic carbocycles. The Morgan fingerprint density at radius 3 is 2.37 bits per heavy atom. The smallest absolute Gasteiger partial charge is 0.326 e. The van der Waals surface area contributed by atoms with Crippen LogP contribution >= 0.6 is 0 Å². The Labute approximate surface area is 110 Å². The van der Waals surface area contributed by atoms with Crippen molar-refractivity contribution in [3.8, 4) is 0 Å². The number of hydrogen-bond acceptors (Lipinski definition) is 2. The molecule has 1 rings (SSSR count). The first-order valence-corrected chi connectivity index (χ1v) is 6.07. The first-order chi connectivity index (χ1) is 8.90. The zero-order chi connectivity index (χ0) is 14.3. The monoisotopic (exact) mass is 274 g/mol. The van der Waals surface area contributed by atoms with Gasteiger partial charge >= 0.3 is 6.18 Å².